The highest BCUT2D eigenvalue weighted by atomic mass is 32.2. The number of aromatic nitrogens is 3. The van der Waals surface area contributed by atoms with E-state index in [0.29, 0.717) is 28.2 Å². The van der Waals surface area contributed by atoms with Crippen molar-refractivity contribution >= 4 is 56.0 Å². The fourth-order valence-corrected chi connectivity index (χ4v) is 6.75. The highest BCUT2D eigenvalue weighted by Crippen LogP contribution is 2.37. The first kappa shape index (κ1) is 31.6. The van der Waals surface area contributed by atoms with Crippen molar-refractivity contribution in [2.45, 2.75) is 46.1 Å². The first-order valence-corrected chi connectivity index (χ1v) is 17.3. The number of anilines is 4. The Kier molecular flexibility index (Phi) is 9.65. The molecule has 0 saturated carbocycles. The van der Waals surface area contributed by atoms with Gasteiger partial charge in [-0.2, -0.15) is 9.97 Å². The molecule has 3 aromatic rings. The zero-order chi connectivity index (χ0) is 31.4. The van der Waals surface area contributed by atoms with E-state index in [1.165, 1.54) is 11.3 Å². The van der Waals surface area contributed by atoms with E-state index in [1.807, 2.05) is 16.9 Å². The molecule has 236 valence electrons. The van der Waals surface area contributed by atoms with E-state index in [0.717, 1.165) is 74.3 Å². The maximum absolute atomic E-state index is 12.4. The minimum Gasteiger partial charge on any atom is -0.462 e. The third-order valence-electron chi connectivity index (χ3n) is 7.63. The molecule has 13 nitrogen and oxygen atoms in total. The van der Waals surface area contributed by atoms with Crippen LogP contribution in [0.4, 0.5) is 22.7 Å². The van der Waals surface area contributed by atoms with Crippen LogP contribution in [0.25, 0.3) is 0 Å². The third kappa shape index (κ3) is 7.45. The topological polar surface area (TPSA) is 167 Å². The number of benzene rings is 1. The number of ether oxygens (including phenoxy) is 1. The average Bonchev–Trinajstić information content (AvgIpc) is 3.36. The van der Waals surface area contributed by atoms with Crippen molar-refractivity contribution in [1.82, 2.24) is 19.7 Å². The quantitative estimate of drug-likeness (QED) is 0.277. The number of thiazole rings is 1. The summed E-state index contributed by atoms with van der Waals surface area (Å²) in [5, 5.41) is 13.4. The number of hydrogen-bond donors (Lipinski definition) is 3. The van der Waals surface area contributed by atoms with Gasteiger partial charge < -0.3 is 19.6 Å². The largest absolute Gasteiger partial charge is 0.462 e. The van der Waals surface area contributed by atoms with Gasteiger partial charge in [-0.05, 0) is 63.1 Å². The molecule has 0 unspecified atom stereocenters. The van der Waals surface area contributed by atoms with E-state index < -0.39 is 21.9 Å². The SMILES string of the molecule is CCOC(=O)c1sc(Nc2nc(N3CCC(CO)CC3)c3c(n2)N(Cc2ccc(C(=O)NS(C)(=O)=O)cc2)CCC3)nc1C. The zero-order valence-corrected chi connectivity index (χ0v) is 26.6. The number of esters is 1. The van der Waals surface area contributed by atoms with Gasteiger partial charge in [0.25, 0.3) is 5.91 Å². The van der Waals surface area contributed by atoms with E-state index in [4.69, 9.17) is 14.7 Å². The van der Waals surface area contributed by atoms with Gasteiger partial charge in [0.05, 0.1) is 18.6 Å². The van der Waals surface area contributed by atoms with Crippen LogP contribution in [0.1, 0.15) is 63.0 Å². The zero-order valence-electron chi connectivity index (χ0n) is 25.0. The van der Waals surface area contributed by atoms with Crippen molar-refractivity contribution < 1.29 is 27.9 Å². The second-order valence-electron chi connectivity index (χ2n) is 11.0. The number of nitrogens with one attached hydrogen (secondary N) is 2. The third-order valence-corrected chi connectivity index (χ3v) is 9.24. The Balaban J connectivity index is 1.45. The Morgan fingerprint density at radius 2 is 1.80 bits per heavy atom. The van der Waals surface area contributed by atoms with Gasteiger partial charge in [-0.3, -0.25) is 10.1 Å². The summed E-state index contributed by atoms with van der Waals surface area (Å²) >= 11 is 1.19. The minimum absolute atomic E-state index is 0.178. The van der Waals surface area contributed by atoms with Gasteiger partial charge in [-0.15, -0.1) is 0 Å². The van der Waals surface area contributed by atoms with Gasteiger partial charge in [0.15, 0.2) is 5.13 Å². The number of nitrogens with zero attached hydrogens (tertiary/aromatic N) is 5. The molecule has 4 heterocycles. The van der Waals surface area contributed by atoms with E-state index in [2.05, 4.69) is 20.1 Å². The first-order valence-electron chi connectivity index (χ1n) is 14.6. The van der Waals surface area contributed by atoms with E-state index in [9.17, 15) is 23.1 Å². The summed E-state index contributed by atoms with van der Waals surface area (Å²) in [6.45, 7) is 6.79. The Morgan fingerprint density at radius 1 is 1.09 bits per heavy atom. The van der Waals surface area contributed by atoms with Gasteiger partial charge in [0, 0.05) is 43.9 Å². The predicted molar refractivity (Wildman–Crippen MR) is 168 cm³/mol. The van der Waals surface area contributed by atoms with E-state index >= 15 is 0 Å². The maximum Gasteiger partial charge on any atom is 0.350 e. The molecule has 0 spiro atoms. The lowest BCUT2D eigenvalue weighted by molar-refractivity contribution is 0.0530. The molecule has 15 heteroatoms. The Labute approximate surface area is 260 Å². The summed E-state index contributed by atoms with van der Waals surface area (Å²) in [6, 6.07) is 6.83. The molecular formula is C29H37N7O6S2. The number of aliphatic hydroxyl groups excluding tert-OH is 1. The van der Waals surface area contributed by atoms with Crippen LogP contribution in [0, 0.1) is 12.8 Å². The number of aliphatic hydroxyl groups is 1. The van der Waals surface area contributed by atoms with Crippen LogP contribution in [0.15, 0.2) is 24.3 Å². The number of hydrogen-bond acceptors (Lipinski definition) is 13. The van der Waals surface area contributed by atoms with Crippen molar-refractivity contribution in [3.05, 3.63) is 51.5 Å². The second kappa shape index (κ2) is 13.4. The summed E-state index contributed by atoms with van der Waals surface area (Å²) in [4.78, 5) is 43.9. The lowest BCUT2D eigenvalue weighted by Crippen LogP contribution is -2.38. The van der Waals surface area contributed by atoms with Crippen LogP contribution in [0.3, 0.4) is 0 Å². The van der Waals surface area contributed by atoms with E-state index in [-0.39, 0.29) is 24.7 Å². The van der Waals surface area contributed by atoms with Gasteiger partial charge >= 0.3 is 5.97 Å². The molecule has 1 fully saturated rings. The molecule has 5 rings (SSSR count). The fraction of sp³-hybridized carbons (Fsp3) is 0.483. The lowest BCUT2D eigenvalue weighted by atomic mass is 9.97. The Bertz CT molecular complexity index is 1620. The molecule has 0 radical (unpaired) electrons. The number of carbonyl (C=O) groups is 2. The molecule has 0 aliphatic carbocycles. The predicted octanol–water partition coefficient (Wildman–Crippen LogP) is 3.01. The molecule has 0 atom stereocenters. The number of fused-ring (bicyclic) bond motifs is 1. The molecule has 1 saturated heterocycles. The molecule has 1 aromatic carbocycles. The van der Waals surface area contributed by atoms with Crippen molar-refractivity contribution in [1.29, 1.82) is 0 Å². The van der Waals surface area contributed by atoms with Crippen LogP contribution in [0.2, 0.25) is 0 Å². The number of amides is 1. The highest BCUT2D eigenvalue weighted by molar-refractivity contribution is 7.89. The maximum atomic E-state index is 12.4. The van der Waals surface area contributed by atoms with Crippen molar-refractivity contribution in [3.8, 4) is 0 Å². The van der Waals surface area contributed by atoms with E-state index in [1.54, 1.807) is 26.0 Å². The summed E-state index contributed by atoms with van der Waals surface area (Å²) in [7, 11) is -3.66. The normalized spacial score (nSPS) is 15.5. The van der Waals surface area contributed by atoms with Crippen molar-refractivity contribution in [2.75, 3.05) is 54.2 Å². The van der Waals surface area contributed by atoms with Crippen LogP contribution < -0.4 is 19.8 Å². The summed E-state index contributed by atoms with van der Waals surface area (Å²) in [5.74, 6) is 1.20. The van der Waals surface area contributed by atoms with Crippen LogP contribution >= 0.6 is 11.3 Å². The van der Waals surface area contributed by atoms with Gasteiger partial charge in [-0.1, -0.05) is 23.5 Å². The monoisotopic (exact) mass is 643 g/mol. The van der Waals surface area contributed by atoms with Crippen molar-refractivity contribution in [3.63, 3.8) is 0 Å². The lowest BCUT2D eigenvalue weighted by Gasteiger charge is -2.37. The molecular weight excluding hydrogens is 606 g/mol. The van der Waals surface area contributed by atoms with Gasteiger partial charge in [0.1, 0.15) is 16.5 Å². The number of rotatable bonds is 10. The molecule has 2 aliphatic heterocycles. The minimum atomic E-state index is -3.66. The number of carbonyl (C=O) groups excluding carboxylic acids is 2. The average molecular weight is 644 g/mol. The summed E-state index contributed by atoms with van der Waals surface area (Å²) in [5.41, 5.74) is 2.80. The second-order valence-corrected chi connectivity index (χ2v) is 13.7. The Morgan fingerprint density at radius 3 is 2.45 bits per heavy atom. The fourth-order valence-electron chi connectivity index (χ4n) is 5.44. The molecule has 44 heavy (non-hydrogen) atoms. The van der Waals surface area contributed by atoms with Crippen molar-refractivity contribution in [2.24, 2.45) is 5.92 Å². The smallest absolute Gasteiger partial charge is 0.350 e. The summed E-state index contributed by atoms with van der Waals surface area (Å²) in [6.07, 6.45) is 4.41. The standard InChI is InChI=1S/C29H37N7O6S2/c1-4-42-27(39)23-18(2)30-29(43-23)33-28-31-24(35-14-11-20(17-37)12-15-35)22-6-5-13-36(25(22)32-28)16-19-7-9-21(10-8-19)26(38)34-44(3,40)41/h7-10,20,37H,4-6,11-17H2,1-3H3,(H,34,38)(H,30,31,32,33). The Hall–Kier alpha value is -3.82. The van der Waals surface area contributed by atoms with Crippen LogP contribution in [-0.4, -0.2) is 79.5 Å². The van der Waals surface area contributed by atoms with Crippen LogP contribution in [-0.2, 0) is 27.7 Å². The summed E-state index contributed by atoms with van der Waals surface area (Å²) < 4.78 is 30.1. The number of piperidine rings is 1. The van der Waals surface area contributed by atoms with Gasteiger partial charge in [0.2, 0.25) is 16.0 Å². The molecule has 2 aromatic heterocycles. The first-order chi connectivity index (χ1) is 21.0. The molecule has 2 aliphatic rings. The van der Waals surface area contributed by atoms with Crippen LogP contribution in [0.5, 0.6) is 0 Å². The number of sulfonamides is 1. The number of aryl methyl sites for hydroxylation is 1. The highest BCUT2D eigenvalue weighted by Gasteiger charge is 2.29. The molecule has 1 amide bonds. The molecule has 3 N–H and O–H groups in total. The molecule has 0 bridgehead atoms. The van der Waals surface area contributed by atoms with Gasteiger partial charge in [-0.25, -0.2) is 22.9 Å².